The lowest BCUT2D eigenvalue weighted by Crippen LogP contribution is -2.55. The van der Waals surface area contributed by atoms with Crippen LogP contribution in [0.1, 0.15) is 48.8 Å². The molecule has 58 heavy (non-hydrogen) atoms. The monoisotopic (exact) mass is 744 g/mol. The number of nitrogens with zero attached hydrogens (tertiary/aromatic N) is 4. The van der Waals surface area contributed by atoms with Crippen LogP contribution >= 0.6 is 0 Å². The van der Waals surface area contributed by atoms with Crippen molar-refractivity contribution < 1.29 is 0 Å². The molecule has 4 fully saturated rings. The van der Waals surface area contributed by atoms with Gasteiger partial charge in [0, 0.05) is 22.1 Å². The van der Waals surface area contributed by atoms with Gasteiger partial charge in [0.2, 0.25) is 0 Å². The van der Waals surface area contributed by atoms with Gasteiger partial charge in [0.1, 0.15) is 0 Å². The molecule has 0 amide bonds. The van der Waals surface area contributed by atoms with Crippen LogP contribution in [0.15, 0.2) is 158 Å². The van der Waals surface area contributed by atoms with Gasteiger partial charge in [-0.1, -0.05) is 140 Å². The summed E-state index contributed by atoms with van der Waals surface area (Å²) in [7, 11) is 0. The number of hydrogen-bond acceptors (Lipinski definition) is 4. The van der Waals surface area contributed by atoms with Gasteiger partial charge in [-0.3, -0.25) is 0 Å². The zero-order valence-corrected chi connectivity index (χ0v) is 32.1. The molecule has 1 heterocycles. The summed E-state index contributed by atoms with van der Waals surface area (Å²) in [5, 5.41) is 12.3. The van der Waals surface area contributed by atoms with Crippen LogP contribution in [0.4, 0.5) is 0 Å². The van der Waals surface area contributed by atoms with Crippen LogP contribution in [0.5, 0.6) is 0 Å². The molecule has 1 spiro atoms. The molecule has 5 aliphatic rings. The van der Waals surface area contributed by atoms with Crippen LogP contribution in [-0.4, -0.2) is 15.0 Å². The summed E-state index contributed by atoms with van der Waals surface area (Å²) in [6.07, 6.45) is 7.00. The first kappa shape index (κ1) is 33.4. The highest BCUT2D eigenvalue weighted by Crippen LogP contribution is 2.70. The molecule has 13 rings (SSSR count). The minimum atomic E-state index is 0.127. The van der Waals surface area contributed by atoms with Gasteiger partial charge in [0.25, 0.3) is 0 Å². The quantitative estimate of drug-likeness (QED) is 0.176. The average molecular weight is 745 g/mol. The van der Waals surface area contributed by atoms with Crippen molar-refractivity contribution in [3.8, 4) is 73.6 Å². The minimum absolute atomic E-state index is 0.127. The van der Waals surface area contributed by atoms with Crippen LogP contribution in [0, 0.1) is 35.0 Å². The number of fused-ring (bicyclic) bond motifs is 5. The molecule has 8 aromatic rings. The zero-order valence-electron chi connectivity index (χ0n) is 32.1. The lowest BCUT2D eigenvalue weighted by atomic mass is 9.43. The number of hydrogen-bond donors (Lipinski definition) is 0. The van der Waals surface area contributed by atoms with E-state index in [1.807, 2.05) is 48.5 Å². The molecule has 1 aromatic heterocycles. The molecule has 4 bridgehead atoms. The molecule has 4 heteroatoms. The first-order valence-corrected chi connectivity index (χ1v) is 20.8. The molecule has 5 aliphatic carbocycles. The van der Waals surface area contributed by atoms with Gasteiger partial charge in [-0.25, -0.2) is 15.0 Å². The van der Waals surface area contributed by atoms with Crippen molar-refractivity contribution in [1.82, 2.24) is 15.0 Å². The Bertz CT molecular complexity index is 2930. The second-order valence-corrected chi connectivity index (χ2v) is 17.2. The maximum atomic E-state index is 9.54. The van der Waals surface area contributed by atoms with Gasteiger partial charge < -0.3 is 0 Å². The van der Waals surface area contributed by atoms with E-state index in [1.165, 1.54) is 70.7 Å². The fourth-order valence-electron chi connectivity index (χ4n) is 11.9. The van der Waals surface area contributed by atoms with Crippen LogP contribution in [0.2, 0.25) is 0 Å². The fraction of sp³-hybridized carbons (Fsp3) is 0.185. The SMILES string of the molecule is N#Cc1cccc(-c2nc(-c3ccccc3)nc(-c3ccc(-c4ccc(-c5ccc6c(c5)C5(c7ccc8ccccc8c7-6)C6CC7CC(C6)CC5C7)cc4)cc3)n2)c1. The van der Waals surface area contributed by atoms with Crippen molar-refractivity contribution in [2.45, 2.75) is 37.5 Å². The lowest BCUT2D eigenvalue weighted by molar-refractivity contribution is -0.0399. The first-order chi connectivity index (χ1) is 28.6. The van der Waals surface area contributed by atoms with Crippen molar-refractivity contribution in [2.75, 3.05) is 0 Å². The van der Waals surface area contributed by atoms with E-state index in [4.69, 9.17) is 15.0 Å². The Balaban J connectivity index is 0.887. The van der Waals surface area contributed by atoms with Crippen molar-refractivity contribution in [2.24, 2.45) is 23.7 Å². The van der Waals surface area contributed by atoms with E-state index in [0.29, 0.717) is 23.0 Å². The second-order valence-electron chi connectivity index (χ2n) is 17.2. The first-order valence-electron chi connectivity index (χ1n) is 20.8. The normalized spacial score (nSPS) is 22.2. The van der Waals surface area contributed by atoms with Gasteiger partial charge in [-0.2, -0.15) is 5.26 Å². The third kappa shape index (κ3) is 5.09. The molecule has 7 aromatic carbocycles. The number of aromatic nitrogens is 3. The third-order valence-corrected chi connectivity index (χ3v) is 14.1. The van der Waals surface area contributed by atoms with E-state index < -0.39 is 0 Å². The predicted molar refractivity (Wildman–Crippen MR) is 232 cm³/mol. The number of benzene rings is 7. The van der Waals surface area contributed by atoms with Crippen molar-refractivity contribution >= 4 is 10.8 Å². The highest BCUT2D eigenvalue weighted by Gasteiger charge is 2.61. The molecule has 0 saturated heterocycles. The molecule has 4 nitrogen and oxygen atoms in total. The van der Waals surface area contributed by atoms with Crippen LogP contribution in [-0.2, 0) is 5.41 Å². The number of nitriles is 1. The van der Waals surface area contributed by atoms with E-state index >= 15 is 0 Å². The average Bonchev–Trinajstić information content (AvgIpc) is 3.58. The van der Waals surface area contributed by atoms with E-state index in [9.17, 15) is 5.26 Å². The van der Waals surface area contributed by atoms with E-state index in [1.54, 1.807) is 17.2 Å². The molecule has 0 aliphatic heterocycles. The van der Waals surface area contributed by atoms with Gasteiger partial charge in [0.05, 0.1) is 11.6 Å². The Labute approximate surface area is 338 Å². The van der Waals surface area contributed by atoms with Gasteiger partial charge >= 0.3 is 0 Å². The topological polar surface area (TPSA) is 62.5 Å². The van der Waals surface area contributed by atoms with Crippen LogP contribution in [0.3, 0.4) is 0 Å². The summed E-state index contributed by atoms with van der Waals surface area (Å²) in [5.41, 5.74) is 14.4. The Morgan fingerprint density at radius 3 is 1.67 bits per heavy atom. The Kier molecular flexibility index (Phi) is 7.45. The molecule has 0 radical (unpaired) electrons. The summed E-state index contributed by atoms with van der Waals surface area (Å²) in [6, 6.07) is 58.6. The molecule has 4 saturated carbocycles. The predicted octanol–water partition coefficient (Wildman–Crippen LogP) is 13.0. The Hall–Kier alpha value is -6.70. The van der Waals surface area contributed by atoms with E-state index in [2.05, 4.69) is 109 Å². The smallest absolute Gasteiger partial charge is 0.164 e. The largest absolute Gasteiger partial charge is 0.208 e. The zero-order chi connectivity index (χ0) is 38.4. The van der Waals surface area contributed by atoms with Gasteiger partial charge in [-0.15, -0.1) is 0 Å². The molecule has 0 unspecified atom stereocenters. The van der Waals surface area contributed by atoms with E-state index in [-0.39, 0.29) is 5.41 Å². The fourth-order valence-corrected chi connectivity index (χ4v) is 11.9. The third-order valence-electron chi connectivity index (χ3n) is 14.1. The lowest BCUT2D eigenvalue weighted by Gasteiger charge is -2.61. The molecular formula is C54H40N4. The minimum Gasteiger partial charge on any atom is -0.208 e. The second kappa shape index (κ2) is 12.9. The van der Waals surface area contributed by atoms with Gasteiger partial charge in [0.15, 0.2) is 17.5 Å². The summed E-state index contributed by atoms with van der Waals surface area (Å²) in [5.74, 6) is 5.03. The highest BCUT2D eigenvalue weighted by molar-refractivity contribution is 6.03. The number of rotatable bonds is 5. The maximum Gasteiger partial charge on any atom is 0.164 e. The summed E-state index contributed by atoms with van der Waals surface area (Å²) in [6.45, 7) is 0. The molecule has 0 atom stereocenters. The summed E-state index contributed by atoms with van der Waals surface area (Å²) < 4.78 is 0. The van der Waals surface area contributed by atoms with Crippen molar-refractivity contribution in [3.63, 3.8) is 0 Å². The van der Waals surface area contributed by atoms with Crippen LogP contribution < -0.4 is 0 Å². The van der Waals surface area contributed by atoms with E-state index in [0.717, 1.165) is 45.9 Å². The standard InChI is InChI=1S/C54H40N4/c55-32-33-7-6-11-43(26-33)53-57-51(40-9-2-1-3-10-40)56-52(58-53)41-19-17-37(18-20-41)36-13-15-38(16-14-36)42-21-23-47-49(31-42)54(44-27-34-25-35(29-44)30-45(54)28-34)48-24-22-39-8-4-5-12-46(39)50(47)48/h1-24,26,31,34-35,44-45H,25,27-30H2. The Morgan fingerprint density at radius 2 is 1.00 bits per heavy atom. The highest BCUT2D eigenvalue weighted by atomic mass is 15.0. The summed E-state index contributed by atoms with van der Waals surface area (Å²) >= 11 is 0. The molecular weight excluding hydrogens is 705 g/mol. The van der Waals surface area contributed by atoms with Crippen molar-refractivity contribution in [1.29, 1.82) is 5.26 Å². The van der Waals surface area contributed by atoms with Gasteiger partial charge in [-0.05, 0) is 129 Å². The molecule has 0 N–H and O–H groups in total. The van der Waals surface area contributed by atoms with Crippen LogP contribution in [0.25, 0.3) is 78.3 Å². The Morgan fingerprint density at radius 1 is 0.448 bits per heavy atom. The maximum absolute atomic E-state index is 9.54. The molecule has 276 valence electrons. The van der Waals surface area contributed by atoms with Crippen molar-refractivity contribution in [3.05, 3.63) is 174 Å². The summed E-state index contributed by atoms with van der Waals surface area (Å²) in [4.78, 5) is 14.6.